The van der Waals surface area contributed by atoms with Crippen LogP contribution in [-0.4, -0.2) is 13.7 Å². The highest BCUT2D eigenvalue weighted by Crippen LogP contribution is 2.72. The summed E-state index contributed by atoms with van der Waals surface area (Å²) in [5.74, 6) is 3.10. The van der Waals surface area contributed by atoms with E-state index in [-0.39, 0.29) is 11.8 Å². The van der Waals surface area contributed by atoms with E-state index in [4.69, 9.17) is 3.63 Å². The van der Waals surface area contributed by atoms with Crippen molar-refractivity contribution in [2.45, 2.75) is 58.5 Å². The van der Waals surface area contributed by atoms with Gasteiger partial charge in [-0.15, -0.1) is 0 Å². The molecule has 39 heavy (non-hydrogen) atoms. The molecule has 0 saturated heterocycles. The maximum Gasteiger partial charge on any atom is 0.371 e. The Bertz CT molecular complexity index is 1340. The van der Waals surface area contributed by atoms with E-state index in [0.29, 0.717) is 38.4 Å². The molecule has 0 aromatic heterocycles. The molecule has 3 nitrogen and oxygen atoms in total. The van der Waals surface area contributed by atoms with E-state index >= 15 is 8.78 Å². The monoisotopic (exact) mass is 568 g/mol. The van der Waals surface area contributed by atoms with Crippen molar-refractivity contribution in [1.29, 1.82) is 0 Å². The predicted molar refractivity (Wildman–Crippen MR) is 149 cm³/mol. The average molecular weight is 569 g/mol. The van der Waals surface area contributed by atoms with Gasteiger partial charge in [0, 0.05) is 21.1 Å². The van der Waals surface area contributed by atoms with Crippen LogP contribution in [-0.2, 0) is 13.7 Å². The number of halogens is 2. The summed E-state index contributed by atoms with van der Waals surface area (Å²) < 4.78 is 65.7. The van der Waals surface area contributed by atoms with Crippen molar-refractivity contribution in [2.24, 2.45) is 41.4 Å². The Kier molecular flexibility index (Phi) is 6.22. The second kappa shape index (κ2) is 9.42. The summed E-state index contributed by atoms with van der Waals surface area (Å²) in [6.07, 6.45) is 4.85. The van der Waals surface area contributed by atoms with E-state index in [1.165, 1.54) is 19.3 Å². The van der Waals surface area contributed by atoms with Gasteiger partial charge < -0.3 is 0 Å². The average Bonchev–Trinajstić information content (AvgIpc) is 3.74. The molecule has 4 fully saturated rings. The van der Waals surface area contributed by atoms with E-state index in [1.807, 2.05) is 18.2 Å². The number of hydrogen-bond donors (Lipinski definition) is 0. The molecule has 7 atom stereocenters. The van der Waals surface area contributed by atoms with Gasteiger partial charge in [0.25, 0.3) is 0 Å². The zero-order valence-electron chi connectivity index (χ0n) is 21.7. The third-order valence-corrected chi connectivity index (χ3v) is 15.4. The van der Waals surface area contributed by atoms with Gasteiger partial charge in [0.1, 0.15) is 0 Å². The molecule has 4 bridgehead atoms. The molecule has 7 unspecified atom stereocenters. The number of hydrogen-bond acceptors (Lipinski definition) is 3. The van der Waals surface area contributed by atoms with Crippen LogP contribution >= 0.6 is 10.3 Å². The molecule has 3 aromatic rings. The lowest BCUT2D eigenvalue weighted by Gasteiger charge is -2.41. The van der Waals surface area contributed by atoms with E-state index in [0.717, 1.165) is 18.8 Å². The second-order valence-electron chi connectivity index (χ2n) is 12.0. The Morgan fingerprint density at radius 1 is 0.667 bits per heavy atom. The minimum Gasteiger partial charge on any atom is -0.202 e. The molecule has 7 heteroatoms. The van der Waals surface area contributed by atoms with E-state index < -0.39 is 32.1 Å². The summed E-state index contributed by atoms with van der Waals surface area (Å²) in [4.78, 5) is 1.68. The van der Waals surface area contributed by atoms with Crippen molar-refractivity contribution in [3.05, 3.63) is 91.0 Å². The Morgan fingerprint density at radius 2 is 1.15 bits per heavy atom. The summed E-state index contributed by atoms with van der Waals surface area (Å²) >= 11 is 0. The van der Waals surface area contributed by atoms with Gasteiger partial charge in [-0.05, 0) is 120 Å². The minimum absolute atomic E-state index is 0.228. The van der Waals surface area contributed by atoms with E-state index in [1.54, 1.807) is 72.8 Å². The van der Waals surface area contributed by atoms with Crippen LogP contribution in [0, 0.1) is 41.4 Å². The summed E-state index contributed by atoms with van der Waals surface area (Å²) in [5, 5.41) is -3.98. The maximum absolute atomic E-state index is 16.1. The fourth-order valence-electron chi connectivity index (χ4n) is 8.89. The van der Waals surface area contributed by atoms with Crippen LogP contribution in [0.4, 0.5) is 8.78 Å². The molecule has 7 rings (SSSR count). The molecule has 4 aliphatic rings. The third-order valence-electron chi connectivity index (χ3n) is 10.2. The zero-order valence-corrected chi connectivity index (χ0v) is 23.4. The molecule has 0 spiro atoms. The Balaban J connectivity index is 1.25. The zero-order chi connectivity index (χ0) is 26.8. The molecule has 0 aliphatic heterocycles. The number of benzene rings is 3. The van der Waals surface area contributed by atoms with Crippen LogP contribution in [0.25, 0.3) is 0 Å². The van der Waals surface area contributed by atoms with Crippen molar-refractivity contribution < 1.29 is 20.8 Å². The van der Waals surface area contributed by atoms with Gasteiger partial charge >= 0.3 is 15.4 Å². The molecular formula is C32H34F2O3S2. The summed E-state index contributed by atoms with van der Waals surface area (Å²) in [7, 11) is -8.30. The molecule has 206 valence electrons. The normalized spacial score (nSPS) is 31.9. The highest BCUT2D eigenvalue weighted by molar-refractivity contribution is 8.33. The number of rotatable bonds is 8. The van der Waals surface area contributed by atoms with E-state index in [2.05, 4.69) is 0 Å². The molecule has 0 heterocycles. The topological polar surface area (TPSA) is 43.4 Å². The molecule has 3 aromatic carbocycles. The first-order valence-electron chi connectivity index (χ1n) is 14.1. The summed E-state index contributed by atoms with van der Waals surface area (Å²) in [6, 6.07) is 26.8. The molecule has 0 radical (unpaired) electrons. The van der Waals surface area contributed by atoms with Gasteiger partial charge in [-0.25, -0.2) is 3.63 Å². The van der Waals surface area contributed by atoms with Crippen molar-refractivity contribution >= 4 is 20.4 Å². The maximum atomic E-state index is 16.1. The third kappa shape index (κ3) is 4.02. The Morgan fingerprint density at radius 3 is 1.67 bits per heavy atom. The lowest BCUT2D eigenvalue weighted by molar-refractivity contribution is 0.0196. The van der Waals surface area contributed by atoms with Gasteiger partial charge in [-0.2, -0.15) is 17.2 Å². The molecule has 0 N–H and O–H groups in total. The van der Waals surface area contributed by atoms with Gasteiger partial charge in [-0.3, -0.25) is 0 Å². The van der Waals surface area contributed by atoms with Gasteiger partial charge in [0.05, 0.1) is 0 Å². The summed E-state index contributed by atoms with van der Waals surface area (Å²) in [5.41, 5.74) is 0. The van der Waals surface area contributed by atoms with Crippen LogP contribution in [0.15, 0.2) is 106 Å². The van der Waals surface area contributed by atoms with Crippen molar-refractivity contribution in [2.75, 3.05) is 0 Å². The van der Waals surface area contributed by atoms with Gasteiger partial charge in [-0.1, -0.05) is 54.6 Å². The highest BCUT2D eigenvalue weighted by atomic mass is 32.3. The first-order chi connectivity index (χ1) is 18.8. The Labute approximate surface area is 231 Å². The number of alkyl halides is 2. The molecule has 0 amide bonds. The SMILES string of the molecule is O=S(=O)(OS(c1ccccc1)(c1ccccc1)c1ccccc1)C(F)(F)CC1CC2CC1C1C3CCC(C3)C21. The van der Waals surface area contributed by atoms with Crippen LogP contribution in [0.1, 0.15) is 38.5 Å². The number of fused-ring (bicyclic) bond motifs is 9. The smallest absolute Gasteiger partial charge is 0.202 e. The lowest BCUT2D eigenvalue weighted by atomic mass is 9.67. The first-order valence-corrected chi connectivity index (χ1v) is 17.1. The van der Waals surface area contributed by atoms with Crippen molar-refractivity contribution in [3.8, 4) is 0 Å². The van der Waals surface area contributed by atoms with Crippen LogP contribution in [0.5, 0.6) is 0 Å². The van der Waals surface area contributed by atoms with Crippen molar-refractivity contribution in [3.63, 3.8) is 0 Å². The van der Waals surface area contributed by atoms with Crippen LogP contribution < -0.4 is 0 Å². The van der Waals surface area contributed by atoms with Gasteiger partial charge in [0.2, 0.25) is 0 Å². The minimum atomic E-state index is -5.29. The lowest BCUT2D eigenvalue weighted by Crippen LogP contribution is -2.38. The summed E-state index contributed by atoms with van der Waals surface area (Å²) in [6.45, 7) is 0. The predicted octanol–water partition coefficient (Wildman–Crippen LogP) is 8.53. The van der Waals surface area contributed by atoms with Crippen LogP contribution in [0.3, 0.4) is 0 Å². The fraction of sp³-hybridized carbons (Fsp3) is 0.438. The molecule has 4 aliphatic carbocycles. The fourth-order valence-corrected chi connectivity index (χ4v) is 14.2. The Hall–Kier alpha value is -2.22. The quantitative estimate of drug-likeness (QED) is 0.256. The largest absolute Gasteiger partial charge is 0.371 e. The van der Waals surface area contributed by atoms with E-state index in [9.17, 15) is 8.42 Å². The second-order valence-corrected chi connectivity index (χ2v) is 16.6. The van der Waals surface area contributed by atoms with Crippen molar-refractivity contribution in [1.82, 2.24) is 0 Å². The standard InChI is InChI=1S/C32H34F2O3S2/c33-32(34,21-25-19-24-20-29(25)31-23-17-16-22(18-23)30(24)31)39(35,36)37-38(26-10-4-1-5-11-26,27-12-6-2-7-13-27)28-14-8-3-9-15-28/h1-15,22-25,29-31H,16-21H2. The van der Waals surface area contributed by atoms with Crippen LogP contribution in [0.2, 0.25) is 0 Å². The molecular weight excluding hydrogens is 534 g/mol. The van der Waals surface area contributed by atoms with Gasteiger partial charge in [0.15, 0.2) is 0 Å². The highest BCUT2D eigenvalue weighted by Gasteiger charge is 2.64. The first kappa shape index (κ1) is 25.7. The molecule has 4 saturated carbocycles.